The number of hydroxylamine groups is 2. The van der Waals surface area contributed by atoms with Crippen molar-refractivity contribution in [1.82, 2.24) is 30.0 Å². The van der Waals surface area contributed by atoms with Crippen LogP contribution in [0.2, 0.25) is 0 Å². The van der Waals surface area contributed by atoms with E-state index in [1.807, 2.05) is 12.1 Å². The second-order valence-electron chi connectivity index (χ2n) is 8.45. The van der Waals surface area contributed by atoms with Crippen molar-refractivity contribution < 1.29 is 14.0 Å². The van der Waals surface area contributed by atoms with Gasteiger partial charge in [0.25, 0.3) is 0 Å². The van der Waals surface area contributed by atoms with Gasteiger partial charge in [-0.3, -0.25) is 9.63 Å². The average molecular weight is 462 g/mol. The average Bonchev–Trinajstić information content (AvgIpc) is 3.52. The molecule has 2 aromatic heterocycles. The largest absolute Gasteiger partial charge is 0.356 e. The lowest BCUT2D eigenvalue weighted by molar-refractivity contribution is -0.182. The Balaban J connectivity index is 1.26. The molecule has 1 atom stereocenters. The minimum atomic E-state index is -0.493. The normalized spacial score (nSPS) is 18.8. The van der Waals surface area contributed by atoms with Crippen LogP contribution in [0.5, 0.6) is 0 Å². The van der Waals surface area contributed by atoms with Crippen molar-refractivity contribution in [3.63, 3.8) is 0 Å². The first kappa shape index (κ1) is 21.9. The predicted octanol–water partition coefficient (Wildman–Crippen LogP) is 2.40. The SMILES string of the molecule is Cn1nncc1-c1cc(N2CCC(C(=O)N3OCC[C@H]3c3cc(F)cc(C#N)c3)CC2)ncn1. The molecule has 0 saturated carbocycles. The van der Waals surface area contributed by atoms with E-state index in [1.54, 1.807) is 24.0 Å². The summed E-state index contributed by atoms with van der Waals surface area (Å²) in [5.41, 5.74) is 2.34. The van der Waals surface area contributed by atoms with E-state index in [9.17, 15) is 9.18 Å². The predicted molar refractivity (Wildman–Crippen MR) is 118 cm³/mol. The Morgan fingerprint density at radius 2 is 2.00 bits per heavy atom. The molecule has 0 spiro atoms. The highest BCUT2D eigenvalue weighted by atomic mass is 19.1. The highest BCUT2D eigenvalue weighted by Gasteiger charge is 2.37. The van der Waals surface area contributed by atoms with Crippen LogP contribution < -0.4 is 4.90 Å². The summed E-state index contributed by atoms with van der Waals surface area (Å²) < 4.78 is 15.6. The van der Waals surface area contributed by atoms with Crippen LogP contribution >= 0.6 is 0 Å². The molecule has 0 N–H and O–H groups in total. The number of piperidine rings is 1. The van der Waals surface area contributed by atoms with Crippen molar-refractivity contribution in [2.45, 2.75) is 25.3 Å². The fourth-order valence-electron chi connectivity index (χ4n) is 4.58. The van der Waals surface area contributed by atoms with E-state index in [-0.39, 0.29) is 17.4 Å². The van der Waals surface area contributed by atoms with Crippen LogP contribution in [0.4, 0.5) is 10.2 Å². The van der Waals surface area contributed by atoms with E-state index in [0.29, 0.717) is 44.5 Å². The lowest BCUT2D eigenvalue weighted by Gasteiger charge is -2.34. The number of nitrogens with zero attached hydrogens (tertiary/aromatic N) is 8. The molecule has 0 radical (unpaired) electrons. The molecule has 34 heavy (non-hydrogen) atoms. The number of anilines is 1. The van der Waals surface area contributed by atoms with Gasteiger partial charge >= 0.3 is 0 Å². The Morgan fingerprint density at radius 1 is 1.18 bits per heavy atom. The Bertz CT molecular complexity index is 1250. The maximum atomic E-state index is 14.0. The molecule has 1 aromatic carbocycles. The van der Waals surface area contributed by atoms with Crippen molar-refractivity contribution >= 4 is 11.7 Å². The zero-order valence-electron chi connectivity index (χ0n) is 18.6. The monoisotopic (exact) mass is 462 g/mol. The summed E-state index contributed by atoms with van der Waals surface area (Å²) in [6.45, 7) is 1.70. The number of aromatic nitrogens is 5. The summed E-state index contributed by atoms with van der Waals surface area (Å²) in [6.07, 6.45) is 5.02. The smallest absolute Gasteiger partial charge is 0.249 e. The summed E-state index contributed by atoms with van der Waals surface area (Å²) in [5.74, 6) is -0.0124. The molecule has 0 bridgehead atoms. The second-order valence-corrected chi connectivity index (χ2v) is 8.45. The van der Waals surface area contributed by atoms with Gasteiger partial charge in [0.05, 0.1) is 36.2 Å². The third-order valence-electron chi connectivity index (χ3n) is 6.35. The van der Waals surface area contributed by atoms with E-state index in [1.165, 1.54) is 23.5 Å². The third kappa shape index (κ3) is 4.20. The number of rotatable bonds is 4. The van der Waals surface area contributed by atoms with Gasteiger partial charge in [0.2, 0.25) is 5.91 Å². The fourth-order valence-corrected chi connectivity index (χ4v) is 4.58. The van der Waals surface area contributed by atoms with Crippen molar-refractivity contribution in [2.75, 3.05) is 24.6 Å². The van der Waals surface area contributed by atoms with E-state index in [4.69, 9.17) is 10.1 Å². The highest BCUT2D eigenvalue weighted by molar-refractivity contribution is 5.79. The van der Waals surface area contributed by atoms with Crippen LogP contribution in [0.1, 0.15) is 36.4 Å². The van der Waals surface area contributed by atoms with Crippen LogP contribution in [0, 0.1) is 23.1 Å². The second kappa shape index (κ2) is 9.15. The summed E-state index contributed by atoms with van der Waals surface area (Å²) in [4.78, 5) is 29.8. The van der Waals surface area contributed by atoms with Crippen LogP contribution in [0.25, 0.3) is 11.4 Å². The number of nitriles is 1. The molecule has 2 fully saturated rings. The van der Waals surface area contributed by atoms with Gasteiger partial charge in [-0.25, -0.2) is 24.1 Å². The van der Waals surface area contributed by atoms with Crippen molar-refractivity contribution in [1.29, 1.82) is 5.26 Å². The lowest BCUT2D eigenvalue weighted by atomic mass is 9.94. The quantitative estimate of drug-likeness (QED) is 0.581. The molecule has 1 amide bonds. The van der Waals surface area contributed by atoms with Gasteiger partial charge in [-0.2, -0.15) is 5.26 Å². The van der Waals surface area contributed by atoms with Gasteiger partial charge < -0.3 is 4.90 Å². The molecule has 4 heterocycles. The van der Waals surface area contributed by atoms with Gasteiger partial charge in [0, 0.05) is 38.5 Å². The molecule has 2 aliphatic heterocycles. The molecule has 5 rings (SSSR count). The van der Waals surface area contributed by atoms with Crippen molar-refractivity contribution in [3.8, 4) is 17.5 Å². The number of hydrogen-bond donors (Lipinski definition) is 0. The number of carbonyl (C=O) groups is 1. The molecule has 0 aliphatic carbocycles. The fraction of sp³-hybridized carbons (Fsp3) is 0.391. The van der Waals surface area contributed by atoms with Gasteiger partial charge in [-0.15, -0.1) is 5.10 Å². The van der Waals surface area contributed by atoms with Crippen molar-refractivity contribution in [3.05, 3.63) is 53.7 Å². The number of halogens is 1. The van der Waals surface area contributed by atoms with Crippen LogP contribution in [-0.2, 0) is 16.7 Å². The van der Waals surface area contributed by atoms with Crippen LogP contribution in [0.15, 0.2) is 36.8 Å². The molecule has 2 aliphatic rings. The molecule has 2 saturated heterocycles. The number of amides is 1. The number of carbonyl (C=O) groups excluding carboxylic acids is 1. The Hall–Kier alpha value is -3.91. The molecular weight excluding hydrogens is 439 g/mol. The molecule has 3 aromatic rings. The Labute approximate surface area is 195 Å². The Morgan fingerprint density at radius 3 is 2.74 bits per heavy atom. The minimum Gasteiger partial charge on any atom is -0.356 e. The minimum absolute atomic E-state index is 0.103. The van der Waals surface area contributed by atoms with E-state index in [0.717, 1.165) is 17.2 Å². The Kier molecular flexibility index (Phi) is 5.90. The number of aryl methyl sites for hydroxylation is 1. The molecule has 0 unspecified atom stereocenters. The zero-order chi connectivity index (χ0) is 23.7. The molecule has 10 nitrogen and oxygen atoms in total. The number of hydrogen-bond acceptors (Lipinski definition) is 8. The third-order valence-corrected chi connectivity index (χ3v) is 6.35. The van der Waals surface area contributed by atoms with Crippen LogP contribution in [0.3, 0.4) is 0 Å². The molecule has 11 heteroatoms. The number of benzene rings is 1. The first-order chi connectivity index (χ1) is 16.5. The topological polar surface area (TPSA) is 113 Å². The summed E-state index contributed by atoms with van der Waals surface area (Å²) >= 11 is 0. The molecule has 174 valence electrons. The van der Waals surface area contributed by atoms with Crippen molar-refractivity contribution in [2.24, 2.45) is 13.0 Å². The lowest BCUT2D eigenvalue weighted by Crippen LogP contribution is -2.42. The summed E-state index contributed by atoms with van der Waals surface area (Å²) in [7, 11) is 1.81. The maximum Gasteiger partial charge on any atom is 0.249 e. The van der Waals surface area contributed by atoms with E-state index < -0.39 is 11.9 Å². The van der Waals surface area contributed by atoms with E-state index in [2.05, 4.69) is 25.2 Å². The van der Waals surface area contributed by atoms with Gasteiger partial charge in [0.15, 0.2) is 0 Å². The van der Waals surface area contributed by atoms with Gasteiger partial charge in [0.1, 0.15) is 23.7 Å². The standard InChI is InChI=1S/C23H23FN8O2/c1-30-21(13-28-29-30)19-11-22(27-14-26-19)31-5-2-16(3-6-31)23(33)32-20(4-7-34-32)17-8-15(12-25)9-18(24)10-17/h8-11,13-14,16,20H,2-7H2,1H3/t20-/m0/s1. The summed E-state index contributed by atoms with van der Waals surface area (Å²) in [5, 5.41) is 18.4. The molecular formula is C23H23FN8O2. The van der Waals surface area contributed by atoms with Gasteiger partial charge in [-0.1, -0.05) is 5.21 Å². The summed E-state index contributed by atoms with van der Waals surface area (Å²) in [6, 6.07) is 7.64. The maximum absolute atomic E-state index is 14.0. The highest BCUT2D eigenvalue weighted by Crippen LogP contribution is 2.34. The van der Waals surface area contributed by atoms with E-state index >= 15 is 0 Å². The zero-order valence-corrected chi connectivity index (χ0v) is 18.6. The first-order valence-corrected chi connectivity index (χ1v) is 11.1. The van der Waals surface area contributed by atoms with Crippen LogP contribution in [-0.4, -0.2) is 55.6 Å². The van der Waals surface area contributed by atoms with Gasteiger partial charge in [-0.05, 0) is 36.6 Å². The first-order valence-electron chi connectivity index (χ1n) is 11.1.